The summed E-state index contributed by atoms with van der Waals surface area (Å²) in [7, 11) is -3.06. The van der Waals surface area contributed by atoms with Crippen LogP contribution in [0.5, 0.6) is 0 Å². The van der Waals surface area contributed by atoms with Crippen LogP contribution in [0.2, 0.25) is 0 Å². The van der Waals surface area contributed by atoms with E-state index in [4.69, 9.17) is 0 Å². The predicted octanol–water partition coefficient (Wildman–Crippen LogP) is 1.47. The van der Waals surface area contributed by atoms with E-state index in [9.17, 15) is 8.42 Å². The van der Waals surface area contributed by atoms with Crippen molar-refractivity contribution in [1.82, 2.24) is 0 Å². The van der Waals surface area contributed by atoms with Crippen molar-refractivity contribution in [3.63, 3.8) is 0 Å². The normalized spacial score (nSPS) is 11.5. The Bertz CT molecular complexity index is 366. The Balaban J connectivity index is 3.20. The van der Waals surface area contributed by atoms with Crippen LogP contribution in [-0.4, -0.2) is 14.7 Å². The first-order chi connectivity index (χ1) is 5.54. The Morgan fingerprint density at radius 3 is 2.58 bits per heavy atom. The van der Waals surface area contributed by atoms with Gasteiger partial charge in [0.05, 0.1) is 4.90 Å². The molecule has 1 rings (SSSR count). The molecule has 0 saturated carbocycles. The monoisotopic (exact) mass is 183 g/mol. The van der Waals surface area contributed by atoms with Crippen molar-refractivity contribution < 1.29 is 8.42 Å². The van der Waals surface area contributed by atoms with Gasteiger partial charge in [-0.1, -0.05) is 12.1 Å². The molecule has 12 heavy (non-hydrogen) atoms. The molecular formula is C9H11O2S. The molecule has 65 valence electrons. The molecule has 0 aliphatic carbocycles. The summed E-state index contributed by atoms with van der Waals surface area (Å²) in [5, 5.41) is 0. The molecule has 1 radical (unpaired) electrons. The summed E-state index contributed by atoms with van der Waals surface area (Å²) >= 11 is 0. The molecule has 0 aliphatic rings. The fourth-order valence-electron chi connectivity index (χ4n) is 0.932. The lowest BCUT2D eigenvalue weighted by molar-refractivity contribution is 0.602. The molecule has 0 spiro atoms. The lowest BCUT2D eigenvalue weighted by atomic mass is 10.2. The molecule has 0 unspecified atom stereocenters. The Kier molecular flexibility index (Phi) is 2.52. The van der Waals surface area contributed by atoms with Gasteiger partial charge in [-0.05, 0) is 31.0 Å². The van der Waals surface area contributed by atoms with Crippen LogP contribution in [0.25, 0.3) is 0 Å². The van der Waals surface area contributed by atoms with Gasteiger partial charge in [0.2, 0.25) is 0 Å². The van der Waals surface area contributed by atoms with E-state index in [1.54, 1.807) is 18.2 Å². The summed E-state index contributed by atoms with van der Waals surface area (Å²) in [4.78, 5) is 0.364. The van der Waals surface area contributed by atoms with Crippen LogP contribution in [0, 0.1) is 6.92 Å². The van der Waals surface area contributed by atoms with E-state index < -0.39 is 9.84 Å². The lowest BCUT2D eigenvalue weighted by Crippen LogP contribution is -1.97. The molecule has 0 aromatic heterocycles. The van der Waals surface area contributed by atoms with Gasteiger partial charge in [0, 0.05) is 6.26 Å². The van der Waals surface area contributed by atoms with Gasteiger partial charge in [-0.2, -0.15) is 0 Å². The van der Waals surface area contributed by atoms with Crippen LogP contribution in [0.4, 0.5) is 0 Å². The van der Waals surface area contributed by atoms with E-state index in [1.165, 1.54) is 6.26 Å². The SMILES string of the molecule is [CH2]Cc1cccc(S(C)(=O)=O)c1. The topological polar surface area (TPSA) is 34.1 Å². The minimum absolute atomic E-state index is 0.364. The molecule has 1 aromatic carbocycles. The molecule has 0 amide bonds. The third-order valence-electron chi connectivity index (χ3n) is 1.62. The van der Waals surface area contributed by atoms with Crippen LogP contribution >= 0.6 is 0 Å². The highest BCUT2D eigenvalue weighted by Crippen LogP contribution is 2.11. The highest BCUT2D eigenvalue weighted by Gasteiger charge is 2.05. The van der Waals surface area contributed by atoms with Crippen molar-refractivity contribution in [3.05, 3.63) is 36.8 Å². The van der Waals surface area contributed by atoms with Crippen molar-refractivity contribution in [2.45, 2.75) is 11.3 Å². The molecule has 0 heterocycles. The summed E-state index contributed by atoms with van der Waals surface area (Å²) in [5.41, 5.74) is 0.943. The molecule has 1 aromatic rings. The third-order valence-corrected chi connectivity index (χ3v) is 2.73. The predicted molar refractivity (Wildman–Crippen MR) is 48.6 cm³/mol. The van der Waals surface area contributed by atoms with E-state index in [2.05, 4.69) is 6.92 Å². The molecule has 0 N–H and O–H groups in total. The Labute approximate surface area is 73.2 Å². The van der Waals surface area contributed by atoms with Crippen LogP contribution in [-0.2, 0) is 16.3 Å². The van der Waals surface area contributed by atoms with E-state index in [1.807, 2.05) is 6.07 Å². The van der Waals surface area contributed by atoms with Crippen molar-refractivity contribution in [3.8, 4) is 0 Å². The Morgan fingerprint density at radius 2 is 2.08 bits per heavy atom. The quantitative estimate of drug-likeness (QED) is 0.695. The standard InChI is InChI=1S/C9H11O2S/c1-3-8-5-4-6-9(7-8)12(2,10)11/h4-7H,1,3H2,2H3. The summed E-state index contributed by atoms with van der Waals surface area (Å²) < 4.78 is 22.2. The third kappa shape index (κ3) is 2.08. The molecule has 2 nitrogen and oxygen atoms in total. The second-order valence-electron chi connectivity index (χ2n) is 2.67. The molecule has 0 aliphatic heterocycles. The van der Waals surface area contributed by atoms with Crippen molar-refractivity contribution in [2.24, 2.45) is 0 Å². The molecule has 0 bridgehead atoms. The van der Waals surface area contributed by atoms with Gasteiger partial charge in [-0.15, -0.1) is 0 Å². The first-order valence-electron chi connectivity index (χ1n) is 3.62. The van der Waals surface area contributed by atoms with Crippen LogP contribution in [0.3, 0.4) is 0 Å². The largest absolute Gasteiger partial charge is 0.224 e. The summed E-state index contributed by atoms with van der Waals surface area (Å²) in [6.45, 7) is 3.68. The average Bonchev–Trinajstić information content (AvgIpc) is 2.03. The minimum Gasteiger partial charge on any atom is -0.224 e. The molecule has 0 saturated heterocycles. The van der Waals surface area contributed by atoms with Gasteiger partial charge >= 0.3 is 0 Å². The van der Waals surface area contributed by atoms with Gasteiger partial charge in [-0.3, -0.25) is 0 Å². The first kappa shape index (κ1) is 9.26. The summed E-state index contributed by atoms with van der Waals surface area (Å²) in [6.07, 6.45) is 1.82. The Morgan fingerprint density at radius 1 is 1.42 bits per heavy atom. The first-order valence-corrected chi connectivity index (χ1v) is 5.51. The highest BCUT2D eigenvalue weighted by molar-refractivity contribution is 7.90. The van der Waals surface area contributed by atoms with Gasteiger partial charge in [-0.25, -0.2) is 8.42 Å². The minimum atomic E-state index is -3.06. The van der Waals surface area contributed by atoms with Crippen molar-refractivity contribution in [2.75, 3.05) is 6.26 Å². The number of hydrogen-bond acceptors (Lipinski definition) is 2. The van der Waals surface area contributed by atoms with E-state index in [-0.39, 0.29) is 0 Å². The zero-order valence-corrected chi connectivity index (χ0v) is 7.76. The second kappa shape index (κ2) is 3.27. The van der Waals surface area contributed by atoms with Crippen LogP contribution in [0.1, 0.15) is 5.56 Å². The second-order valence-corrected chi connectivity index (χ2v) is 4.69. The highest BCUT2D eigenvalue weighted by atomic mass is 32.2. The zero-order valence-electron chi connectivity index (χ0n) is 6.95. The van der Waals surface area contributed by atoms with Gasteiger partial charge < -0.3 is 0 Å². The Hall–Kier alpha value is -0.830. The van der Waals surface area contributed by atoms with Crippen molar-refractivity contribution in [1.29, 1.82) is 0 Å². The maximum Gasteiger partial charge on any atom is 0.175 e. The molecular weight excluding hydrogens is 172 g/mol. The fraction of sp³-hybridized carbons (Fsp3) is 0.222. The van der Waals surface area contributed by atoms with Gasteiger partial charge in [0.25, 0.3) is 0 Å². The van der Waals surface area contributed by atoms with Gasteiger partial charge in [0.1, 0.15) is 0 Å². The smallest absolute Gasteiger partial charge is 0.175 e. The number of hydrogen-bond donors (Lipinski definition) is 0. The maximum atomic E-state index is 11.1. The maximum absolute atomic E-state index is 11.1. The average molecular weight is 183 g/mol. The molecule has 0 fully saturated rings. The number of sulfone groups is 1. The summed E-state index contributed by atoms with van der Waals surface area (Å²) in [6, 6.07) is 6.84. The van der Waals surface area contributed by atoms with E-state index in [0.717, 1.165) is 5.56 Å². The molecule has 0 atom stereocenters. The van der Waals surface area contributed by atoms with Crippen LogP contribution < -0.4 is 0 Å². The number of benzene rings is 1. The van der Waals surface area contributed by atoms with Crippen LogP contribution in [0.15, 0.2) is 29.2 Å². The number of rotatable bonds is 2. The van der Waals surface area contributed by atoms with E-state index >= 15 is 0 Å². The summed E-state index contributed by atoms with van der Waals surface area (Å²) in [5.74, 6) is 0. The van der Waals surface area contributed by atoms with Crippen molar-refractivity contribution >= 4 is 9.84 Å². The fourth-order valence-corrected chi connectivity index (χ4v) is 1.62. The lowest BCUT2D eigenvalue weighted by Gasteiger charge is -1.99. The van der Waals surface area contributed by atoms with Gasteiger partial charge in [0.15, 0.2) is 9.84 Å². The molecule has 3 heteroatoms. The van der Waals surface area contributed by atoms with E-state index in [0.29, 0.717) is 11.3 Å². The zero-order chi connectivity index (χ0) is 9.19.